The van der Waals surface area contributed by atoms with E-state index in [2.05, 4.69) is 19.2 Å². The Morgan fingerprint density at radius 2 is 1.52 bits per heavy atom. The van der Waals surface area contributed by atoms with Crippen LogP contribution in [-0.2, 0) is 10.2 Å². The molecule has 6 heteroatoms. The van der Waals surface area contributed by atoms with Crippen LogP contribution in [0, 0.1) is 11.8 Å². The Hall–Kier alpha value is -0.170. The summed E-state index contributed by atoms with van der Waals surface area (Å²) < 4.78 is 28.7. The number of nitrogens with one attached hydrogen (secondary N) is 1. The van der Waals surface area contributed by atoms with E-state index in [-0.39, 0.29) is 0 Å². The molecule has 2 aliphatic rings. The average molecular weight is 317 g/mol. The average Bonchev–Trinajstić information content (AvgIpc) is 2.48. The van der Waals surface area contributed by atoms with E-state index in [9.17, 15) is 8.42 Å². The van der Waals surface area contributed by atoms with Crippen LogP contribution in [0.5, 0.6) is 0 Å². The van der Waals surface area contributed by atoms with Gasteiger partial charge in [0, 0.05) is 26.2 Å². The molecule has 2 rings (SSSR count). The number of hydrogen-bond acceptors (Lipinski definition) is 3. The molecule has 0 aromatic carbocycles. The maximum atomic E-state index is 12.7. The van der Waals surface area contributed by atoms with E-state index in [1.165, 1.54) is 0 Å². The third-order valence-corrected chi connectivity index (χ3v) is 6.86. The predicted molar refractivity (Wildman–Crippen MR) is 86.3 cm³/mol. The van der Waals surface area contributed by atoms with Gasteiger partial charge in [-0.05, 0) is 57.0 Å². The van der Waals surface area contributed by atoms with Crippen LogP contribution in [0.2, 0.25) is 0 Å². The van der Waals surface area contributed by atoms with Gasteiger partial charge in [0.1, 0.15) is 0 Å². The predicted octanol–water partition coefficient (Wildman–Crippen LogP) is 1.67. The van der Waals surface area contributed by atoms with Crippen LogP contribution in [0.1, 0.15) is 46.0 Å². The molecule has 0 aliphatic carbocycles. The molecule has 0 unspecified atom stereocenters. The van der Waals surface area contributed by atoms with Crippen molar-refractivity contribution >= 4 is 10.2 Å². The van der Waals surface area contributed by atoms with E-state index in [0.29, 0.717) is 38.0 Å². The topological polar surface area (TPSA) is 52.7 Å². The molecular weight excluding hydrogens is 286 g/mol. The first kappa shape index (κ1) is 17.2. The summed E-state index contributed by atoms with van der Waals surface area (Å²) in [5.41, 5.74) is 0. The summed E-state index contributed by atoms with van der Waals surface area (Å²) in [6, 6.07) is 0. The lowest BCUT2D eigenvalue weighted by molar-refractivity contribution is 0.229. The summed E-state index contributed by atoms with van der Waals surface area (Å²) >= 11 is 0. The van der Waals surface area contributed by atoms with Crippen molar-refractivity contribution in [2.24, 2.45) is 11.8 Å². The van der Waals surface area contributed by atoms with Crippen LogP contribution in [0.25, 0.3) is 0 Å². The molecule has 2 fully saturated rings. The highest BCUT2D eigenvalue weighted by Crippen LogP contribution is 2.24. The molecule has 0 aromatic heterocycles. The Labute approximate surface area is 130 Å². The summed E-state index contributed by atoms with van der Waals surface area (Å²) in [6.07, 6.45) is 5.12. The van der Waals surface area contributed by atoms with Crippen LogP contribution in [0.4, 0.5) is 0 Å². The van der Waals surface area contributed by atoms with Gasteiger partial charge in [0.2, 0.25) is 0 Å². The zero-order valence-electron chi connectivity index (χ0n) is 13.6. The molecule has 0 amide bonds. The highest BCUT2D eigenvalue weighted by Gasteiger charge is 2.34. The second-order valence-electron chi connectivity index (χ2n) is 6.64. The minimum Gasteiger partial charge on any atom is -0.316 e. The SMILES string of the molecule is CCCNCC1CCN(S(=O)(=O)N2CCC(C)CC2)CC1. The summed E-state index contributed by atoms with van der Waals surface area (Å²) in [7, 11) is -3.21. The van der Waals surface area contributed by atoms with Crippen LogP contribution in [-0.4, -0.2) is 56.3 Å². The van der Waals surface area contributed by atoms with E-state index in [4.69, 9.17) is 0 Å². The third-order valence-electron chi connectivity index (χ3n) is 4.83. The molecule has 2 saturated heterocycles. The van der Waals surface area contributed by atoms with Gasteiger partial charge in [0.05, 0.1) is 0 Å². The molecule has 1 N–H and O–H groups in total. The van der Waals surface area contributed by atoms with Crippen molar-refractivity contribution in [3.63, 3.8) is 0 Å². The van der Waals surface area contributed by atoms with Crippen LogP contribution in [0.15, 0.2) is 0 Å². The molecule has 0 spiro atoms. The summed E-state index contributed by atoms with van der Waals surface area (Å²) in [6.45, 7) is 9.23. The minimum absolute atomic E-state index is 0.629. The third kappa shape index (κ3) is 4.65. The fourth-order valence-electron chi connectivity index (χ4n) is 3.21. The summed E-state index contributed by atoms with van der Waals surface area (Å²) in [4.78, 5) is 0. The standard InChI is InChI=1S/C15H31N3O2S/c1-3-8-16-13-15-6-11-18(12-7-15)21(19,20)17-9-4-14(2)5-10-17/h14-16H,3-13H2,1-2H3. The first-order valence-corrected chi connectivity index (χ1v) is 9.89. The van der Waals surface area contributed by atoms with Gasteiger partial charge in [-0.2, -0.15) is 17.0 Å². The second kappa shape index (κ2) is 7.90. The normalized spacial score (nSPS) is 24.5. The summed E-state index contributed by atoms with van der Waals surface area (Å²) in [5.74, 6) is 1.29. The molecule has 0 radical (unpaired) electrons. The quantitative estimate of drug-likeness (QED) is 0.758. The first-order chi connectivity index (χ1) is 10.0. The lowest BCUT2D eigenvalue weighted by Gasteiger charge is -2.37. The fourth-order valence-corrected chi connectivity index (χ4v) is 4.88. The highest BCUT2D eigenvalue weighted by molar-refractivity contribution is 7.86. The monoisotopic (exact) mass is 317 g/mol. The largest absolute Gasteiger partial charge is 0.316 e. The van der Waals surface area contributed by atoms with E-state index >= 15 is 0 Å². The lowest BCUT2D eigenvalue weighted by atomic mass is 9.98. The Morgan fingerprint density at radius 3 is 2.05 bits per heavy atom. The molecule has 2 heterocycles. The van der Waals surface area contributed by atoms with Crippen molar-refractivity contribution in [3.8, 4) is 0 Å². The summed E-state index contributed by atoms with van der Waals surface area (Å²) in [5, 5.41) is 3.45. The minimum atomic E-state index is -3.21. The molecule has 5 nitrogen and oxygen atoms in total. The first-order valence-electron chi connectivity index (χ1n) is 8.50. The van der Waals surface area contributed by atoms with Gasteiger partial charge in [0.25, 0.3) is 10.2 Å². The Kier molecular flexibility index (Phi) is 6.47. The smallest absolute Gasteiger partial charge is 0.281 e. The van der Waals surface area contributed by atoms with Crippen molar-refractivity contribution in [2.45, 2.75) is 46.0 Å². The zero-order chi connectivity index (χ0) is 15.3. The van der Waals surface area contributed by atoms with Crippen LogP contribution >= 0.6 is 0 Å². The molecule has 0 atom stereocenters. The number of hydrogen-bond donors (Lipinski definition) is 1. The van der Waals surface area contributed by atoms with E-state index in [1.54, 1.807) is 8.61 Å². The van der Waals surface area contributed by atoms with Gasteiger partial charge >= 0.3 is 0 Å². The molecule has 0 bridgehead atoms. The Balaban J connectivity index is 1.80. The molecule has 124 valence electrons. The molecule has 21 heavy (non-hydrogen) atoms. The second-order valence-corrected chi connectivity index (χ2v) is 8.56. The number of rotatable bonds is 6. The maximum absolute atomic E-state index is 12.7. The van der Waals surface area contributed by atoms with Gasteiger partial charge in [-0.3, -0.25) is 0 Å². The van der Waals surface area contributed by atoms with E-state index < -0.39 is 10.2 Å². The van der Waals surface area contributed by atoms with Crippen molar-refractivity contribution in [1.82, 2.24) is 13.9 Å². The molecule has 2 aliphatic heterocycles. The Morgan fingerprint density at radius 1 is 1.00 bits per heavy atom. The Bertz CT molecular complexity index is 397. The molecule has 0 aromatic rings. The van der Waals surface area contributed by atoms with Gasteiger partial charge in [0.15, 0.2) is 0 Å². The van der Waals surface area contributed by atoms with Crippen LogP contribution in [0.3, 0.4) is 0 Å². The lowest BCUT2D eigenvalue weighted by Crippen LogP contribution is -2.50. The van der Waals surface area contributed by atoms with Gasteiger partial charge in [-0.1, -0.05) is 13.8 Å². The van der Waals surface area contributed by atoms with E-state index in [1.807, 2.05) is 0 Å². The van der Waals surface area contributed by atoms with Gasteiger partial charge in [-0.25, -0.2) is 0 Å². The zero-order valence-corrected chi connectivity index (χ0v) is 14.4. The number of nitrogens with zero attached hydrogens (tertiary/aromatic N) is 2. The number of piperidine rings is 2. The van der Waals surface area contributed by atoms with Gasteiger partial charge < -0.3 is 5.32 Å². The fraction of sp³-hybridized carbons (Fsp3) is 1.00. The van der Waals surface area contributed by atoms with Gasteiger partial charge in [-0.15, -0.1) is 0 Å². The molecular formula is C15H31N3O2S. The highest BCUT2D eigenvalue weighted by atomic mass is 32.2. The van der Waals surface area contributed by atoms with Crippen molar-refractivity contribution in [1.29, 1.82) is 0 Å². The van der Waals surface area contributed by atoms with Crippen molar-refractivity contribution in [2.75, 3.05) is 39.3 Å². The van der Waals surface area contributed by atoms with Crippen LogP contribution < -0.4 is 5.32 Å². The molecule has 0 saturated carbocycles. The van der Waals surface area contributed by atoms with E-state index in [0.717, 1.165) is 45.2 Å². The van der Waals surface area contributed by atoms with Crippen molar-refractivity contribution in [3.05, 3.63) is 0 Å². The van der Waals surface area contributed by atoms with Crippen molar-refractivity contribution < 1.29 is 8.42 Å². The maximum Gasteiger partial charge on any atom is 0.281 e.